The second-order valence-corrected chi connectivity index (χ2v) is 7.08. The second kappa shape index (κ2) is 7.55. The fourth-order valence-electron chi connectivity index (χ4n) is 3.20. The summed E-state index contributed by atoms with van der Waals surface area (Å²) in [7, 11) is 0. The number of cyclic esters (lactones) is 1. The van der Waals surface area contributed by atoms with Gasteiger partial charge in [-0.2, -0.15) is 0 Å². The third-order valence-electron chi connectivity index (χ3n) is 5.21. The number of hydrogen-bond acceptors (Lipinski definition) is 5. The Morgan fingerprint density at radius 2 is 1.45 bits per heavy atom. The van der Waals surface area contributed by atoms with Crippen LogP contribution in [0.25, 0.3) is 0 Å². The third-order valence-corrected chi connectivity index (χ3v) is 5.21. The van der Waals surface area contributed by atoms with Crippen molar-refractivity contribution in [3.63, 3.8) is 0 Å². The number of hydrogen-bond donors (Lipinski definition) is 2. The van der Waals surface area contributed by atoms with Gasteiger partial charge < -0.3 is 14.9 Å². The predicted molar refractivity (Wildman–Crippen MR) is 83.0 cm³/mol. The minimum absolute atomic E-state index is 0.0424. The summed E-state index contributed by atoms with van der Waals surface area (Å²) < 4.78 is 5.35. The van der Waals surface area contributed by atoms with Gasteiger partial charge in [0, 0.05) is 11.8 Å². The lowest BCUT2D eigenvalue weighted by Gasteiger charge is -2.34. The molecule has 1 saturated heterocycles. The standard InChI is InChI=1S/C17H30O5/c1-8-7-9(2)15(19)11(4)16(20)12(5)17(21)22-13(6)10(3)14(8)18/h8-13,15-16,19-20H,7H2,1-6H3. The largest absolute Gasteiger partial charge is 0.462 e. The maximum Gasteiger partial charge on any atom is 0.311 e. The molecule has 0 aromatic heterocycles. The number of ketones is 1. The Hall–Kier alpha value is -0.940. The van der Waals surface area contributed by atoms with Crippen molar-refractivity contribution in [3.05, 3.63) is 0 Å². The van der Waals surface area contributed by atoms with Crippen LogP contribution in [0.5, 0.6) is 0 Å². The number of esters is 1. The average Bonchev–Trinajstić information content (AvgIpc) is 2.48. The van der Waals surface area contributed by atoms with Crippen LogP contribution >= 0.6 is 0 Å². The van der Waals surface area contributed by atoms with E-state index in [-0.39, 0.29) is 17.6 Å². The van der Waals surface area contributed by atoms with Crippen molar-refractivity contribution in [1.29, 1.82) is 0 Å². The molecule has 22 heavy (non-hydrogen) atoms. The molecule has 8 unspecified atom stereocenters. The molecule has 5 heteroatoms. The third kappa shape index (κ3) is 4.07. The lowest BCUT2D eigenvalue weighted by atomic mass is 9.78. The zero-order valence-electron chi connectivity index (χ0n) is 14.4. The van der Waals surface area contributed by atoms with Gasteiger partial charge in [0.25, 0.3) is 0 Å². The SMILES string of the molecule is CC1CC(C)C(O)C(C)C(O)C(C)C(=O)OC(C)C(C)C1=O. The predicted octanol–water partition coefficient (Wildman–Crippen LogP) is 1.79. The average molecular weight is 314 g/mol. The normalized spacial score (nSPS) is 45.6. The zero-order valence-corrected chi connectivity index (χ0v) is 14.4. The first-order valence-corrected chi connectivity index (χ1v) is 8.18. The van der Waals surface area contributed by atoms with E-state index in [2.05, 4.69) is 0 Å². The van der Waals surface area contributed by atoms with Crippen molar-refractivity contribution in [2.24, 2.45) is 29.6 Å². The Morgan fingerprint density at radius 3 is 2.00 bits per heavy atom. The van der Waals surface area contributed by atoms with E-state index >= 15 is 0 Å². The molecule has 0 radical (unpaired) electrons. The van der Waals surface area contributed by atoms with Crippen molar-refractivity contribution in [3.8, 4) is 0 Å². The maximum absolute atomic E-state index is 12.4. The van der Waals surface area contributed by atoms with Crippen LogP contribution in [-0.2, 0) is 14.3 Å². The lowest BCUT2D eigenvalue weighted by Crippen LogP contribution is -2.43. The molecule has 0 aromatic carbocycles. The van der Waals surface area contributed by atoms with Crippen LogP contribution < -0.4 is 0 Å². The Labute approximate surface area is 133 Å². The molecule has 1 rings (SSSR count). The number of carbonyl (C=O) groups is 2. The fourth-order valence-corrected chi connectivity index (χ4v) is 3.20. The Morgan fingerprint density at radius 1 is 0.909 bits per heavy atom. The highest BCUT2D eigenvalue weighted by atomic mass is 16.5. The lowest BCUT2D eigenvalue weighted by molar-refractivity contribution is -0.163. The van der Waals surface area contributed by atoms with Crippen molar-refractivity contribution in [1.82, 2.24) is 0 Å². The topological polar surface area (TPSA) is 83.8 Å². The molecule has 0 aliphatic carbocycles. The van der Waals surface area contributed by atoms with Crippen LogP contribution in [0.1, 0.15) is 48.0 Å². The molecular weight excluding hydrogens is 284 g/mol. The highest BCUT2D eigenvalue weighted by Gasteiger charge is 2.38. The fraction of sp³-hybridized carbons (Fsp3) is 0.882. The molecule has 0 saturated carbocycles. The molecule has 8 atom stereocenters. The molecule has 5 nitrogen and oxygen atoms in total. The number of rotatable bonds is 0. The number of aliphatic hydroxyl groups is 2. The van der Waals surface area contributed by atoms with Gasteiger partial charge in [0.15, 0.2) is 0 Å². The first-order chi connectivity index (χ1) is 10.1. The van der Waals surface area contributed by atoms with E-state index in [0.717, 1.165) is 0 Å². The van der Waals surface area contributed by atoms with Crippen LogP contribution in [-0.4, -0.2) is 40.3 Å². The molecule has 0 bridgehead atoms. The molecule has 1 fully saturated rings. The smallest absolute Gasteiger partial charge is 0.311 e. The van der Waals surface area contributed by atoms with E-state index in [0.29, 0.717) is 6.42 Å². The van der Waals surface area contributed by atoms with Gasteiger partial charge in [-0.25, -0.2) is 0 Å². The molecule has 0 aromatic rings. The molecular formula is C17H30O5. The molecule has 0 amide bonds. The van der Waals surface area contributed by atoms with Gasteiger partial charge in [-0.05, 0) is 26.2 Å². The van der Waals surface area contributed by atoms with Crippen molar-refractivity contribution >= 4 is 11.8 Å². The van der Waals surface area contributed by atoms with E-state index in [4.69, 9.17) is 4.74 Å². The van der Waals surface area contributed by atoms with Gasteiger partial charge in [-0.1, -0.05) is 27.7 Å². The molecule has 1 aliphatic rings. The summed E-state index contributed by atoms with van der Waals surface area (Å²) in [4.78, 5) is 24.6. The van der Waals surface area contributed by atoms with E-state index in [1.54, 1.807) is 27.7 Å². The minimum Gasteiger partial charge on any atom is -0.462 e. The van der Waals surface area contributed by atoms with Gasteiger partial charge in [-0.15, -0.1) is 0 Å². The van der Waals surface area contributed by atoms with Gasteiger partial charge in [0.05, 0.1) is 24.0 Å². The van der Waals surface area contributed by atoms with Crippen molar-refractivity contribution in [2.45, 2.75) is 66.3 Å². The summed E-state index contributed by atoms with van der Waals surface area (Å²) in [5.41, 5.74) is 0. The summed E-state index contributed by atoms with van der Waals surface area (Å²) in [6.07, 6.45) is -1.71. The van der Waals surface area contributed by atoms with Gasteiger partial charge in [-0.3, -0.25) is 9.59 Å². The van der Waals surface area contributed by atoms with Crippen LogP contribution in [0.15, 0.2) is 0 Å². The van der Waals surface area contributed by atoms with Crippen LogP contribution in [0, 0.1) is 29.6 Å². The Bertz CT molecular complexity index is 408. The summed E-state index contributed by atoms with van der Waals surface area (Å²) in [5.74, 6) is -2.44. The first kappa shape index (κ1) is 19.1. The molecule has 0 spiro atoms. The van der Waals surface area contributed by atoms with E-state index in [1.165, 1.54) is 0 Å². The van der Waals surface area contributed by atoms with Gasteiger partial charge in [0.2, 0.25) is 0 Å². The summed E-state index contributed by atoms with van der Waals surface area (Å²) in [6, 6.07) is 0. The summed E-state index contributed by atoms with van der Waals surface area (Å²) in [6.45, 7) is 10.5. The second-order valence-electron chi connectivity index (χ2n) is 7.08. The highest BCUT2D eigenvalue weighted by Crippen LogP contribution is 2.29. The number of aliphatic hydroxyl groups excluding tert-OH is 2. The van der Waals surface area contributed by atoms with E-state index in [9.17, 15) is 19.8 Å². The zero-order chi connectivity index (χ0) is 17.2. The molecule has 128 valence electrons. The van der Waals surface area contributed by atoms with E-state index < -0.39 is 42.0 Å². The summed E-state index contributed by atoms with van der Waals surface area (Å²) in [5, 5.41) is 20.7. The number of carbonyl (C=O) groups excluding carboxylic acids is 2. The maximum atomic E-state index is 12.4. The Balaban J connectivity index is 3.08. The first-order valence-electron chi connectivity index (χ1n) is 8.18. The van der Waals surface area contributed by atoms with Crippen LogP contribution in [0.2, 0.25) is 0 Å². The monoisotopic (exact) mass is 314 g/mol. The minimum atomic E-state index is -0.974. The molecule has 2 N–H and O–H groups in total. The Kier molecular flexibility index (Phi) is 6.56. The quantitative estimate of drug-likeness (QED) is 0.666. The molecule has 1 heterocycles. The van der Waals surface area contributed by atoms with Crippen molar-refractivity contribution in [2.75, 3.05) is 0 Å². The number of ether oxygens (including phenoxy) is 1. The van der Waals surface area contributed by atoms with E-state index in [1.807, 2.05) is 13.8 Å². The van der Waals surface area contributed by atoms with Crippen molar-refractivity contribution < 1.29 is 24.5 Å². The summed E-state index contributed by atoms with van der Waals surface area (Å²) >= 11 is 0. The van der Waals surface area contributed by atoms with Gasteiger partial charge >= 0.3 is 5.97 Å². The molecule has 1 aliphatic heterocycles. The number of Topliss-reactive ketones (excluding diaryl/α,β-unsaturated/α-hetero) is 1. The van der Waals surface area contributed by atoms with Crippen LogP contribution in [0.4, 0.5) is 0 Å². The van der Waals surface area contributed by atoms with Crippen LogP contribution in [0.3, 0.4) is 0 Å². The van der Waals surface area contributed by atoms with Gasteiger partial charge in [0.1, 0.15) is 11.9 Å². The highest BCUT2D eigenvalue weighted by molar-refractivity contribution is 5.83.